The molecule has 0 radical (unpaired) electrons. The first-order valence-electron chi connectivity index (χ1n) is 7.03. The molecular formula is C16H17ClN2O4. The Labute approximate surface area is 137 Å². The second kappa shape index (κ2) is 6.42. The summed E-state index contributed by atoms with van der Waals surface area (Å²) >= 11 is 6.03. The van der Waals surface area contributed by atoms with E-state index < -0.39 is 17.2 Å². The molecule has 1 aromatic heterocycles. The molecule has 0 spiro atoms. The number of ether oxygens (including phenoxy) is 1. The van der Waals surface area contributed by atoms with Crippen molar-refractivity contribution in [3.63, 3.8) is 0 Å². The van der Waals surface area contributed by atoms with Crippen LogP contribution in [0.5, 0.6) is 0 Å². The Morgan fingerprint density at radius 3 is 2.48 bits per heavy atom. The van der Waals surface area contributed by atoms with Gasteiger partial charge in [0.05, 0.1) is 22.4 Å². The zero-order chi connectivity index (χ0) is 17.3. The predicted molar refractivity (Wildman–Crippen MR) is 87.6 cm³/mol. The van der Waals surface area contributed by atoms with E-state index in [1.54, 1.807) is 27.8 Å². The van der Waals surface area contributed by atoms with Crippen molar-refractivity contribution in [3.8, 4) is 5.69 Å². The highest BCUT2D eigenvalue weighted by Crippen LogP contribution is 2.20. The van der Waals surface area contributed by atoms with Gasteiger partial charge in [-0.2, -0.15) is 0 Å². The number of carbonyl (C=O) groups is 1. The lowest BCUT2D eigenvalue weighted by molar-refractivity contribution is 0.0378. The number of carbonyl (C=O) groups excluding carboxylic acids is 1. The summed E-state index contributed by atoms with van der Waals surface area (Å²) in [6.45, 7) is 5.10. The molecule has 122 valence electrons. The highest BCUT2D eigenvalue weighted by atomic mass is 35.5. The molecular weight excluding hydrogens is 320 g/mol. The van der Waals surface area contributed by atoms with Gasteiger partial charge in [-0.3, -0.25) is 4.79 Å². The van der Waals surface area contributed by atoms with Gasteiger partial charge in [0, 0.05) is 18.8 Å². The molecule has 2 aromatic rings. The van der Waals surface area contributed by atoms with E-state index in [9.17, 15) is 14.4 Å². The van der Waals surface area contributed by atoms with Crippen LogP contribution in [0.15, 0.2) is 33.9 Å². The Hall–Kier alpha value is -2.34. The van der Waals surface area contributed by atoms with Crippen LogP contribution in [0.1, 0.15) is 29.9 Å². The van der Waals surface area contributed by atoms with Crippen molar-refractivity contribution >= 4 is 17.6 Å². The monoisotopic (exact) mass is 336 g/mol. The smallest absolute Gasteiger partial charge is 0.339 e. The molecule has 0 atom stereocenters. The molecule has 0 unspecified atom stereocenters. The van der Waals surface area contributed by atoms with Gasteiger partial charge in [-0.05, 0) is 39.0 Å². The van der Waals surface area contributed by atoms with Crippen LogP contribution >= 0.6 is 11.6 Å². The third kappa shape index (κ3) is 3.37. The zero-order valence-corrected chi connectivity index (χ0v) is 14.0. The van der Waals surface area contributed by atoms with E-state index in [2.05, 4.69) is 0 Å². The number of nitrogens with zero attached hydrogens (tertiary/aromatic N) is 2. The molecule has 2 rings (SSSR count). The van der Waals surface area contributed by atoms with E-state index in [-0.39, 0.29) is 22.4 Å². The number of aryl methyl sites for hydroxylation is 1. The Kier molecular flexibility index (Phi) is 4.75. The molecule has 0 amide bonds. The van der Waals surface area contributed by atoms with Crippen molar-refractivity contribution in [2.45, 2.75) is 26.9 Å². The minimum absolute atomic E-state index is 0.104. The molecule has 0 bridgehead atoms. The van der Waals surface area contributed by atoms with Gasteiger partial charge in [-0.25, -0.2) is 14.2 Å². The molecule has 0 saturated carbocycles. The fourth-order valence-electron chi connectivity index (χ4n) is 2.06. The van der Waals surface area contributed by atoms with E-state index >= 15 is 0 Å². The van der Waals surface area contributed by atoms with Crippen LogP contribution < -0.4 is 11.2 Å². The maximum atomic E-state index is 12.3. The Morgan fingerprint density at radius 1 is 1.22 bits per heavy atom. The molecule has 0 saturated heterocycles. The van der Waals surface area contributed by atoms with Gasteiger partial charge < -0.3 is 9.30 Å². The summed E-state index contributed by atoms with van der Waals surface area (Å²) < 4.78 is 7.45. The van der Waals surface area contributed by atoms with Crippen molar-refractivity contribution in [2.24, 2.45) is 7.05 Å². The predicted octanol–water partition coefficient (Wildman–Crippen LogP) is 2.06. The zero-order valence-electron chi connectivity index (χ0n) is 13.3. The van der Waals surface area contributed by atoms with Crippen molar-refractivity contribution in [3.05, 3.63) is 61.4 Å². The molecule has 0 N–H and O–H groups in total. The Bertz CT molecular complexity index is 881. The Morgan fingerprint density at radius 2 is 1.87 bits per heavy atom. The summed E-state index contributed by atoms with van der Waals surface area (Å²) in [7, 11) is 1.57. The average molecular weight is 337 g/mol. The van der Waals surface area contributed by atoms with Crippen LogP contribution in [0, 0.1) is 6.92 Å². The topological polar surface area (TPSA) is 70.3 Å². The van der Waals surface area contributed by atoms with Crippen molar-refractivity contribution in [1.29, 1.82) is 0 Å². The molecule has 6 nitrogen and oxygen atoms in total. The van der Waals surface area contributed by atoms with Gasteiger partial charge in [0.25, 0.3) is 5.56 Å². The highest BCUT2D eigenvalue weighted by Gasteiger charge is 2.16. The first-order chi connectivity index (χ1) is 10.7. The minimum atomic E-state index is -0.608. The second-order valence-electron chi connectivity index (χ2n) is 5.42. The first-order valence-corrected chi connectivity index (χ1v) is 7.40. The van der Waals surface area contributed by atoms with E-state index in [0.29, 0.717) is 5.69 Å². The highest BCUT2D eigenvalue weighted by molar-refractivity contribution is 6.33. The van der Waals surface area contributed by atoms with Crippen LogP contribution in [-0.4, -0.2) is 21.2 Å². The summed E-state index contributed by atoms with van der Waals surface area (Å²) in [5.41, 5.74) is -0.0654. The lowest BCUT2D eigenvalue weighted by atomic mass is 10.2. The fraction of sp³-hybridized carbons (Fsp3) is 0.312. The summed E-state index contributed by atoms with van der Waals surface area (Å²) in [5.74, 6) is -0.608. The quantitative estimate of drug-likeness (QED) is 0.804. The maximum Gasteiger partial charge on any atom is 0.339 e. The molecule has 1 aromatic carbocycles. The normalized spacial score (nSPS) is 10.9. The van der Waals surface area contributed by atoms with E-state index in [0.717, 1.165) is 4.57 Å². The number of esters is 1. The summed E-state index contributed by atoms with van der Waals surface area (Å²) in [6, 6.07) is 5.69. The minimum Gasteiger partial charge on any atom is -0.459 e. The molecule has 0 aliphatic carbocycles. The van der Waals surface area contributed by atoms with E-state index in [1.165, 1.54) is 28.8 Å². The number of benzene rings is 1. The van der Waals surface area contributed by atoms with Gasteiger partial charge in [0.1, 0.15) is 0 Å². The summed E-state index contributed by atoms with van der Waals surface area (Å²) in [6.07, 6.45) is -0.308. The lowest BCUT2D eigenvalue weighted by Crippen LogP contribution is -2.38. The third-order valence-electron chi connectivity index (χ3n) is 3.33. The number of aromatic nitrogens is 2. The largest absolute Gasteiger partial charge is 0.459 e. The van der Waals surface area contributed by atoms with E-state index in [1.807, 2.05) is 0 Å². The fourth-order valence-corrected chi connectivity index (χ4v) is 2.25. The van der Waals surface area contributed by atoms with Crippen molar-refractivity contribution in [1.82, 2.24) is 9.13 Å². The van der Waals surface area contributed by atoms with Crippen LogP contribution in [0.2, 0.25) is 5.02 Å². The summed E-state index contributed by atoms with van der Waals surface area (Å²) in [4.78, 5) is 36.6. The van der Waals surface area contributed by atoms with Crippen LogP contribution in [0.4, 0.5) is 0 Å². The number of rotatable bonds is 3. The van der Waals surface area contributed by atoms with Gasteiger partial charge in [-0.1, -0.05) is 11.6 Å². The van der Waals surface area contributed by atoms with Crippen molar-refractivity contribution < 1.29 is 9.53 Å². The van der Waals surface area contributed by atoms with Gasteiger partial charge in [-0.15, -0.1) is 0 Å². The maximum absolute atomic E-state index is 12.3. The number of halogens is 1. The number of hydrogen-bond donors (Lipinski definition) is 0. The van der Waals surface area contributed by atoms with Gasteiger partial charge in [0.15, 0.2) is 0 Å². The second-order valence-corrected chi connectivity index (χ2v) is 5.83. The Balaban J connectivity index is 2.64. The summed E-state index contributed by atoms with van der Waals surface area (Å²) in [5, 5.41) is 0.191. The lowest BCUT2D eigenvalue weighted by Gasteiger charge is -2.12. The molecule has 1 heterocycles. The first kappa shape index (κ1) is 17.0. The van der Waals surface area contributed by atoms with Crippen molar-refractivity contribution in [2.75, 3.05) is 0 Å². The van der Waals surface area contributed by atoms with Gasteiger partial charge >= 0.3 is 11.7 Å². The molecule has 0 aliphatic heterocycles. The van der Waals surface area contributed by atoms with Gasteiger partial charge in [0.2, 0.25) is 0 Å². The van der Waals surface area contributed by atoms with Crippen LogP contribution in [-0.2, 0) is 11.8 Å². The molecule has 0 fully saturated rings. The number of hydrogen-bond acceptors (Lipinski definition) is 4. The molecule has 23 heavy (non-hydrogen) atoms. The third-order valence-corrected chi connectivity index (χ3v) is 3.66. The SMILES string of the molecule is Cc1cc(=O)n(-c2ccc(Cl)c(C(=O)OC(C)C)c2)c(=O)n1C. The van der Waals surface area contributed by atoms with Crippen LogP contribution in [0.3, 0.4) is 0 Å². The average Bonchev–Trinajstić information content (AvgIpc) is 2.45. The molecule has 0 aliphatic rings. The van der Waals surface area contributed by atoms with E-state index in [4.69, 9.17) is 16.3 Å². The molecule has 7 heteroatoms. The van der Waals surface area contributed by atoms with Crippen LogP contribution in [0.25, 0.3) is 5.69 Å². The standard InChI is InChI=1S/C16H17ClN2O4/c1-9(2)23-15(21)12-8-11(5-6-13(12)17)19-14(20)7-10(3)18(4)16(19)22/h5-9H,1-4H3.